The number of aryl methyl sites for hydroxylation is 2. The van der Waals surface area contributed by atoms with E-state index in [1.165, 1.54) is 48.0 Å². The predicted molar refractivity (Wildman–Crippen MR) is 237 cm³/mol. The number of piperazine rings is 2. The van der Waals surface area contributed by atoms with E-state index in [1.54, 1.807) is 12.1 Å². The largest absolute Gasteiger partial charge is 0.345 e. The fraction of sp³-hybridized carbons (Fsp3) is 0.286. The maximum absolute atomic E-state index is 14.0. The molecule has 4 heterocycles. The van der Waals surface area contributed by atoms with Gasteiger partial charge in [0.2, 0.25) is 20.0 Å². The van der Waals surface area contributed by atoms with Gasteiger partial charge in [0.15, 0.2) is 10.3 Å². The highest BCUT2D eigenvalue weighted by molar-refractivity contribution is 7.89. The highest BCUT2D eigenvalue weighted by Crippen LogP contribution is 2.30. The molecule has 0 radical (unpaired) electrons. The molecule has 2 aliphatic heterocycles. The minimum absolute atomic E-state index is 0.178. The summed E-state index contributed by atoms with van der Waals surface area (Å²) in [6, 6.07) is 16.7. The van der Waals surface area contributed by atoms with E-state index in [9.17, 15) is 34.4 Å². The van der Waals surface area contributed by atoms with Gasteiger partial charge >= 0.3 is 0 Å². The summed E-state index contributed by atoms with van der Waals surface area (Å²) >= 11 is 15.2. The molecule has 328 valence electrons. The van der Waals surface area contributed by atoms with Gasteiger partial charge < -0.3 is 9.80 Å². The molecule has 62 heavy (non-hydrogen) atoms. The highest BCUT2D eigenvalue weighted by atomic mass is 35.5. The number of nitrogens with zero attached hydrogens (tertiary/aromatic N) is 6. The summed E-state index contributed by atoms with van der Waals surface area (Å²) in [6.45, 7) is 6.68. The fourth-order valence-electron chi connectivity index (χ4n) is 6.98. The summed E-state index contributed by atoms with van der Waals surface area (Å²) in [6.07, 6.45) is 1.31. The first-order valence-corrected chi connectivity index (χ1v) is 24.7. The number of rotatable bonds is 10. The van der Waals surface area contributed by atoms with Crippen LogP contribution in [0.25, 0.3) is 0 Å². The van der Waals surface area contributed by atoms with Crippen LogP contribution in [0.2, 0.25) is 10.0 Å². The topological polar surface area (TPSA) is 107 Å². The summed E-state index contributed by atoms with van der Waals surface area (Å²) in [5.41, 5.74) is 6.44. The Labute approximate surface area is 376 Å². The first kappa shape index (κ1) is 45.9. The van der Waals surface area contributed by atoms with Gasteiger partial charge in [0.05, 0.1) is 11.4 Å². The van der Waals surface area contributed by atoms with Crippen molar-refractivity contribution >= 4 is 76.2 Å². The van der Waals surface area contributed by atoms with Gasteiger partial charge in [0.1, 0.15) is 33.1 Å². The second-order valence-corrected chi connectivity index (χ2v) is 21.0. The zero-order valence-corrected chi connectivity index (χ0v) is 38.1. The third-order valence-electron chi connectivity index (χ3n) is 10.4. The van der Waals surface area contributed by atoms with Crippen LogP contribution in [0.3, 0.4) is 0 Å². The molecule has 0 N–H and O–H groups in total. The van der Waals surface area contributed by atoms with Crippen molar-refractivity contribution in [2.75, 3.05) is 62.2 Å². The van der Waals surface area contributed by atoms with Gasteiger partial charge in [-0.15, -0.1) is 22.7 Å². The zero-order chi connectivity index (χ0) is 44.3. The Balaban J connectivity index is 0.000000186. The van der Waals surface area contributed by atoms with E-state index in [2.05, 4.69) is 37.0 Å². The molecule has 0 spiro atoms. The fourth-order valence-corrected chi connectivity index (χ4v) is 12.1. The number of anilines is 2. The maximum Gasteiger partial charge on any atom is 0.246 e. The van der Waals surface area contributed by atoms with Crippen molar-refractivity contribution in [1.29, 1.82) is 0 Å². The lowest BCUT2D eigenvalue weighted by molar-refractivity contribution is 0.381. The molecule has 8 rings (SSSR count). The van der Waals surface area contributed by atoms with Crippen LogP contribution < -0.4 is 9.80 Å². The molecule has 4 aromatic carbocycles. The summed E-state index contributed by atoms with van der Waals surface area (Å²) in [5.74, 6) is -3.78. The molecule has 2 saturated heterocycles. The maximum atomic E-state index is 14.0. The lowest BCUT2D eigenvalue weighted by Crippen LogP contribution is -2.48. The van der Waals surface area contributed by atoms with E-state index >= 15 is 0 Å². The molecule has 20 heteroatoms. The van der Waals surface area contributed by atoms with Crippen LogP contribution in [0, 0.1) is 37.1 Å². The zero-order valence-electron chi connectivity index (χ0n) is 33.4. The monoisotopic (exact) mass is 966 g/mol. The Bertz CT molecular complexity index is 2800. The summed E-state index contributed by atoms with van der Waals surface area (Å²) < 4.78 is 108. The minimum atomic E-state index is -4.04. The first-order chi connectivity index (χ1) is 29.5. The van der Waals surface area contributed by atoms with Crippen LogP contribution in [0.1, 0.15) is 33.6 Å². The normalized spacial score (nSPS) is 15.4. The van der Waals surface area contributed by atoms with Crippen molar-refractivity contribution in [2.24, 2.45) is 0 Å². The van der Waals surface area contributed by atoms with E-state index in [1.807, 2.05) is 26.6 Å². The number of halogens is 6. The van der Waals surface area contributed by atoms with E-state index in [0.29, 0.717) is 54.8 Å². The van der Waals surface area contributed by atoms with Crippen molar-refractivity contribution in [3.05, 3.63) is 151 Å². The minimum Gasteiger partial charge on any atom is -0.345 e. The molecule has 2 fully saturated rings. The number of sulfonamides is 2. The molecule has 10 nitrogen and oxygen atoms in total. The van der Waals surface area contributed by atoms with Gasteiger partial charge in [-0.05, 0) is 66.9 Å². The van der Waals surface area contributed by atoms with Crippen molar-refractivity contribution in [3.8, 4) is 0 Å². The second kappa shape index (κ2) is 19.3. The second-order valence-electron chi connectivity index (χ2n) is 14.7. The average molecular weight is 968 g/mol. The number of benzene rings is 4. The average Bonchev–Trinajstić information content (AvgIpc) is 3.91. The molecule has 0 aliphatic carbocycles. The van der Waals surface area contributed by atoms with Gasteiger partial charge in [-0.3, -0.25) is 0 Å². The summed E-state index contributed by atoms with van der Waals surface area (Å²) in [5, 5.41) is 6.76. The quantitative estimate of drug-likeness (QED) is 0.125. The SMILES string of the molecule is Cc1ccc(C)c(Cc2csc(N3CCN(S(=O)(=O)c4ccc(F)cc4F)CC3)n2)c1.O=S(=O)(c1ccc(F)cc1F)N1CCN(c2nc(Cc3ccc(Cl)cc3Cl)cs2)CC1. The molecule has 0 atom stereocenters. The van der Waals surface area contributed by atoms with E-state index < -0.39 is 53.1 Å². The molecule has 2 aromatic heterocycles. The molecule has 0 bridgehead atoms. The number of aromatic nitrogens is 2. The molecule has 0 amide bonds. The van der Waals surface area contributed by atoms with Gasteiger partial charge in [-0.25, -0.2) is 44.4 Å². The molecular weight excluding hydrogens is 928 g/mol. The third-order valence-corrected chi connectivity index (χ3v) is 16.7. The first-order valence-electron chi connectivity index (χ1n) is 19.3. The van der Waals surface area contributed by atoms with E-state index in [4.69, 9.17) is 28.2 Å². The summed E-state index contributed by atoms with van der Waals surface area (Å²) in [4.78, 5) is 12.4. The highest BCUT2D eigenvalue weighted by Gasteiger charge is 2.33. The Kier molecular flexibility index (Phi) is 14.3. The lowest BCUT2D eigenvalue weighted by Gasteiger charge is -2.33. The molecule has 2 aliphatic rings. The predicted octanol–water partition coefficient (Wildman–Crippen LogP) is 8.97. The number of hydrogen-bond donors (Lipinski definition) is 0. The Morgan fingerprint density at radius 1 is 0.581 bits per heavy atom. The van der Waals surface area contributed by atoms with Crippen LogP contribution in [-0.2, 0) is 32.9 Å². The lowest BCUT2D eigenvalue weighted by atomic mass is 10.0. The van der Waals surface area contributed by atoms with Crippen LogP contribution >= 0.6 is 45.9 Å². The number of thiazole rings is 2. The van der Waals surface area contributed by atoms with Crippen molar-refractivity contribution in [2.45, 2.75) is 36.5 Å². The standard InChI is InChI=1S/C22H23F2N3O2S2.C20H17Cl2F2N3O2S2/c1-15-3-4-16(2)17(11-15)12-19-14-30-22(25-19)26-7-9-27(10-8-26)31(28,29)21-6-5-18(23)13-20(21)24;21-14-2-1-13(17(22)10-14)9-16-12-30-20(25-16)26-5-7-27(8-6-26)31(28,29)19-4-3-15(23)11-18(19)24/h3-6,11,13-14H,7-10,12H2,1-2H3;1-4,10-12H,5-9H2. The van der Waals surface area contributed by atoms with Gasteiger partial charge in [-0.1, -0.05) is 53.0 Å². The van der Waals surface area contributed by atoms with Gasteiger partial charge in [0.25, 0.3) is 0 Å². The Morgan fingerprint density at radius 3 is 1.50 bits per heavy atom. The molecular formula is C42H40Cl2F4N6O4S4. The van der Waals surface area contributed by atoms with Crippen molar-refractivity contribution in [3.63, 3.8) is 0 Å². The third kappa shape index (κ3) is 10.6. The molecule has 0 unspecified atom stereocenters. The van der Waals surface area contributed by atoms with Crippen molar-refractivity contribution < 1.29 is 34.4 Å². The smallest absolute Gasteiger partial charge is 0.246 e. The molecule has 6 aromatic rings. The van der Waals surface area contributed by atoms with Crippen LogP contribution in [-0.4, -0.2) is 87.8 Å². The number of hydrogen-bond acceptors (Lipinski definition) is 10. The summed E-state index contributed by atoms with van der Waals surface area (Å²) in [7, 11) is -8.05. The van der Waals surface area contributed by atoms with E-state index in [0.717, 1.165) is 57.9 Å². The Hall–Kier alpha value is -4.14. The van der Waals surface area contributed by atoms with E-state index in [-0.39, 0.29) is 26.2 Å². The van der Waals surface area contributed by atoms with Gasteiger partial charge in [0, 0.05) is 98.1 Å². The Morgan fingerprint density at radius 2 is 1.05 bits per heavy atom. The van der Waals surface area contributed by atoms with Crippen LogP contribution in [0.4, 0.5) is 27.8 Å². The van der Waals surface area contributed by atoms with Crippen LogP contribution in [0.15, 0.2) is 93.3 Å². The molecule has 0 saturated carbocycles. The van der Waals surface area contributed by atoms with Gasteiger partial charge in [-0.2, -0.15) is 8.61 Å². The van der Waals surface area contributed by atoms with Crippen molar-refractivity contribution in [1.82, 2.24) is 18.6 Å². The van der Waals surface area contributed by atoms with Crippen LogP contribution in [0.5, 0.6) is 0 Å².